The van der Waals surface area contributed by atoms with E-state index in [0.717, 1.165) is 44.9 Å². The second kappa shape index (κ2) is 63.0. The zero-order valence-electron chi connectivity index (χ0n) is 63.7. The molecule has 0 aromatic rings. The zero-order chi connectivity index (χ0) is 73.2. The van der Waals surface area contributed by atoms with Crippen molar-refractivity contribution in [3.8, 4) is 0 Å². The Kier molecular flexibility index (Phi) is 58.1. The fourth-order valence-electron chi connectivity index (χ4n) is 14.2. The van der Waals surface area contributed by atoms with Gasteiger partial charge in [0.15, 0.2) is 18.9 Å². The van der Waals surface area contributed by atoms with E-state index in [1.807, 2.05) is 6.08 Å². The van der Waals surface area contributed by atoms with Crippen LogP contribution in [0, 0.1) is 0 Å². The van der Waals surface area contributed by atoms with Gasteiger partial charge in [-0.25, -0.2) is 0 Å². The molecule has 594 valence electrons. The smallest absolute Gasteiger partial charge is 0.220 e. The molecule has 0 radical (unpaired) electrons. The van der Waals surface area contributed by atoms with Gasteiger partial charge in [-0.1, -0.05) is 333 Å². The molecule has 3 aliphatic rings. The van der Waals surface area contributed by atoms with E-state index in [0.29, 0.717) is 12.8 Å². The first-order valence-electron chi connectivity index (χ1n) is 41.7. The van der Waals surface area contributed by atoms with Crippen molar-refractivity contribution in [2.75, 3.05) is 26.4 Å². The summed E-state index contributed by atoms with van der Waals surface area (Å²) in [6.45, 7) is 1.76. The van der Waals surface area contributed by atoms with Crippen molar-refractivity contribution in [2.24, 2.45) is 0 Å². The summed E-state index contributed by atoms with van der Waals surface area (Å²) < 4.78 is 34.4. The second-order valence-electron chi connectivity index (χ2n) is 29.9. The predicted molar refractivity (Wildman–Crippen MR) is 402 cm³/mol. The summed E-state index contributed by atoms with van der Waals surface area (Å²) in [6.07, 6.45) is 51.6. The molecule has 0 aromatic carbocycles. The van der Waals surface area contributed by atoms with Crippen molar-refractivity contribution in [2.45, 2.75) is 452 Å². The maximum absolute atomic E-state index is 13.5. The van der Waals surface area contributed by atoms with Crippen LogP contribution in [-0.2, 0) is 33.2 Å². The molecule has 0 bridgehead atoms. The Balaban J connectivity index is 1.34. The highest BCUT2D eigenvalue weighted by molar-refractivity contribution is 5.76. The van der Waals surface area contributed by atoms with Gasteiger partial charge in [0.2, 0.25) is 5.91 Å². The number of carbonyl (C=O) groups excluding carboxylic acids is 1. The summed E-state index contributed by atoms with van der Waals surface area (Å²) in [7, 11) is 0. The number of aliphatic hydroxyl groups is 11. The molecule has 0 saturated carbocycles. The van der Waals surface area contributed by atoms with Crippen LogP contribution in [0.4, 0.5) is 0 Å². The lowest BCUT2D eigenvalue weighted by Gasteiger charge is -2.48. The minimum absolute atomic E-state index is 0.236. The number of aliphatic hydroxyl groups excluding tert-OH is 11. The van der Waals surface area contributed by atoms with Gasteiger partial charge >= 0.3 is 0 Å². The van der Waals surface area contributed by atoms with Gasteiger partial charge in [-0.15, -0.1) is 0 Å². The molecule has 12 N–H and O–H groups in total. The average molecular weight is 1440 g/mol. The highest BCUT2D eigenvalue weighted by atomic mass is 16.8. The number of hydrogen-bond donors (Lipinski definition) is 12. The molecule has 101 heavy (non-hydrogen) atoms. The molecule has 3 saturated heterocycles. The molecule has 0 aromatic heterocycles. The van der Waals surface area contributed by atoms with Crippen LogP contribution in [0.5, 0.6) is 0 Å². The van der Waals surface area contributed by atoms with Crippen molar-refractivity contribution in [1.29, 1.82) is 0 Å². The molecule has 17 atom stereocenters. The van der Waals surface area contributed by atoms with Crippen molar-refractivity contribution in [1.82, 2.24) is 5.32 Å². The molecule has 0 spiro atoms. The van der Waals surface area contributed by atoms with E-state index in [4.69, 9.17) is 28.4 Å². The number of unbranched alkanes of at least 4 members (excludes halogenated alkanes) is 47. The Morgan fingerprint density at radius 2 is 0.634 bits per heavy atom. The summed E-state index contributed by atoms with van der Waals surface area (Å²) in [5.41, 5.74) is 0. The normalized spacial score (nSPS) is 26.4. The molecule has 17 unspecified atom stereocenters. The Morgan fingerprint density at radius 1 is 0.347 bits per heavy atom. The van der Waals surface area contributed by atoms with E-state index in [9.17, 15) is 61.0 Å². The topological polar surface area (TPSA) is 307 Å². The largest absolute Gasteiger partial charge is 0.394 e. The molecule has 0 aliphatic carbocycles. The minimum Gasteiger partial charge on any atom is -0.394 e. The van der Waals surface area contributed by atoms with Gasteiger partial charge in [-0.05, 0) is 44.9 Å². The van der Waals surface area contributed by atoms with E-state index in [1.54, 1.807) is 6.08 Å². The summed E-state index contributed by atoms with van der Waals surface area (Å²) in [5, 5.41) is 121. The second-order valence-corrected chi connectivity index (χ2v) is 29.9. The number of hydrogen-bond acceptors (Lipinski definition) is 18. The molecular weight excluding hydrogens is 1290 g/mol. The first kappa shape index (κ1) is 93.2. The average Bonchev–Trinajstić information content (AvgIpc) is 0.797. The Labute approximate surface area is 612 Å². The van der Waals surface area contributed by atoms with Crippen LogP contribution >= 0.6 is 0 Å². The predicted octanol–water partition coefficient (Wildman–Crippen LogP) is 14.3. The molecule has 19 heteroatoms. The number of nitrogens with one attached hydrogen (secondary N) is 1. The van der Waals surface area contributed by atoms with Gasteiger partial charge in [-0.3, -0.25) is 4.79 Å². The van der Waals surface area contributed by atoms with Crippen molar-refractivity contribution in [3.05, 3.63) is 36.5 Å². The first-order chi connectivity index (χ1) is 49.3. The van der Waals surface area contributed by atoms with Crippen LogP contribution in [0.3, 0.4) is 0 Å². The third-order valence-corrected chi connectivity index (χ3v) is 20.9. The van der Waals surface area contributed by atoms with E-state index in [1.165, 1.54) is 270 Å². The van der Waals surface area contributed by atoms with E-state index >= 15 is 0 Å². The van der Waals surface area contributed by atoms with E-state index in [-0.39, 0.29) is 18.9 Å². The fourth-order valence-corrected chi connectivity index (χ4v) is 14.2. The van der Waals surface area contributed by atoms with Crippen molar-refractivity contribution >= 4 is 5.91 Å². The van der Waals surface area contributed by atoms with Crippen molar-refractivity contribution < 1.29 is 89.4 Å². The molecule has 3 heterocycles. The van der Waals surface area contributed by atoms with Gasteiger partial charge in [-0.2, -0.15) is 0 Å². The summed E-state index contributed by atoms with van der Waals surface area (Å²) in [6, 6.07) is -0.996. The van der Waals surface area contributed by atoms with Crippen LogP contribution in [-0.4, -0.2) is 193 Å². The molecule has 3 fully saturated rings. The van der Waals surface area contributed by atoms with Gasteiger partial charge < -0.3 is 89.9 Å². The monoisotopic (exact) mass is 1440 g/mol. The summed E-state index contributed by atoms with van der Waals surface area (Å²) in [5.74, 6) is -0.282. The molecule has 3 rings (SSSR count). The lowest BCUT2D eigenvalue weighted by molar-refractivity contribution is -0.379. The van der Waals surface area contributed by atoms with Crippen LogP contribution < -0.4 is 5.32 Å². The summed E-state index contributed by atoms with van der Waals surface area (Å²) >= 11 is 0. The van der Waals surface area contributed by atoms with Crippen LogP contribution in [0.25, 0.3) is 0 Å². The third-order valence-electron chi connectivity index (χ3n) is 20.9. The maximum atomic E-state index is 13.5. The zero-order valence-corrected chi connectivity index (χ0v) is 63.7. The molecule has 19 nitrogen and oxygen atoms in total. The summed E-state index contributed by atoms with van der Waals surface area (Å²) in [4.78, 5) is 13.5. The standard InChI is InChI=1S/C82H153NO18/c1-3-5-7-9-11-13-15-17-19-21-23-25-26-27-28-29-30-31-32-33-34-35-36-37-38-40-42-44-46-48-50-52-54-56-58-60-70(88)83-65(66(87)59-57-55-53-51-49-47-45-43-41-39-24-22-20-18-16-14-12-10-8-6-4-2)64-96-80-76(94)73(91)78(68(62-85)98-80)101-82-77(95)74(92)79(69(63-86)99-82)100-81-75(93)72(90)71(89)67(61-84)97-81/h41,43,49,51,57,59,65-69,71-82,84-87,89-95H,3-40,42,44-48,50,52-56,58,60-64H2,1-2H3,(H,83,88)/b43-41+,51-49+,59-57+. The highest BCUT2D eigenvalue weighted by Crippen LogP contribution is 2.33. The lowest BCUT2D eigenvalue weighted by Crippen LogP contribution is -2.66. The minimum atomic E-state index is -1.98. The lowest BCUT2D eigenvalue weighted by atomic mass is 9.96. The van der Waals surface area contributed by atoms with Gasteiger partial charge in [0, 0.05) is 6.42 Å². The third kappa shape index (κ3) is 43.0. The number of ether oxygens (including phenoxy) is 6. The van der Waals surface area contributed by atoms with E-state index in [2.05, 4.69) is 43.5 Å². The SMILES string of the molecule is CCCCCCCCCCCCC/C=C/CC/C=C/CC/C=C/C(O)C(COC1OC(CO)C(OC2OC(CO)C(OC3OC(CO)C(O)C(O)C3O)C(O)C2O)C(O)C1O)NC(=O)CCCCCCCCCCCCCCCCCCCCCCCCCCCCCCCCCCCCC. The number of carbonyl (C=O) groups is 1. The Morgan fingerprint density at radius 3 is 0.990 bits per heavy atom. The molecule has 3 aliphatic heterocycles. The fraction of sp³-hybridized carbons (Fsp3) is 0.915. The van der Waals surface area contributed by atoms with Crippen LogP contribution in [0.2, 0.25) is 0 Å². The van der Waals surface area contributed by atoms with Gasteiger partial charge in [0.1, 0.15) is 73.2 Å². The Hall–Kier alpha value is -1.99. The molecule has 1 amide bonds. The Bertz CT molecular complexity index is 1960. The first-order valence-corrected chi connectivity index (χ1v) is 41.7. The highest BCUT2D eigenvalue weighted by Gasteiger charge is 2.54. The van der Waals surface area contributed by atoms with Crippen LogP contribution in [0.15, 0.2) is 36.5 Å². The van der Waals surface area contributed by atoms with Crippen LogP contribution in [0.1, 0.15) is 348 Å². The number of rotatable bonds is 67. The van der Waals surface area contributed by atoms with Gasteiger partial charge in [0.05, 0.1) is 38.6 Å². The number of amides is 1. The quantitative estimate of drug-likeness (QED) is 0.0199. The maximum Gasteiger partial charge on any atom is 0.220 e. The van der Waals surface area contributed by atoms with E-state index < -0.39 is 124 Å². The van der Waals surface area contributed by atoms with Gasteiger partial charge in [0.25, 0.3) is 0 Å². The number of allylic oxidation sites excluding steroid dienone is 5. The molecular formula is C82H153NO18. The van der Waals surface area contributed by atoms with Crippen molar-refractivity contribution in [3.63, 3.8) is 0 Å².